The van der Waals surface area contributed by atoms with E-state index in [1.54, 1.807) is 0 Å². The first-order valence-electron chi connectivity index (χ1n) is 4.40. The maximum atomic E-state index is 10.9. The molecule has 3 nitrogen and oxygen atoms in total. The molecule has 12 heavy (non-hydrogen) atoms. The van der Waals surface area contributed by atoms with E-state index in [9.17, 15) is 4.79 Å². The Morgan fingerprint density at radius 3 is 2.00 bits per heavy atom. The summed E-state index contributed by atoms with van der Waals surface area (Å²) in [4.78, 5) is 10.9. The van der Waals surface area contributed by atoms with E-state index >= 15 is 0 Å². The number of ether oxygens (including phenoxy) is 2. The van der Waals surface area contributed by atoms with Gasteiger partial charge in [-0.3, -0.25) is 0 Å². The third-order valence-electron chi connectivity index (χ3n) is 3.07. The molecule has 0 unspecified atom stereocenters. The predicted molar refractivity (Wildman–Crippen MR) is 40.5 cm³/mol. The van der Waals surface area contributed by atoms with Gasteiger partial charge in [-0.2, -0.15) is 0 Å². The first-order chi connectivity index (χ1) is 5.84. The first-order valence-corrected chi connectivity index (χ1v) is 4.40. The molecule has 3 aliphatic carbocycles. The van der Waals surface area contributed by atoms with E-state index < -0.39 is 6.16 Å². The van der Waals surface area contributed by atoms with E-state index in [0.717, 1.165) is 12.8 Å². The van der Waals surface area contributed by atoms with Gasteiger partial charge in [0.1, 0.15) is 12.2 Å². The Labute approximate surface area is 70.3 Å². The van der Waals surface area contributed by atoms with E-state index in [1.807, 2.05) is 0 Å². The molecule has 4 aliphatic rings. The van der Waals surface area contributed by atoms with Crippen molar-refractivity contribution in [2.24, 2.45) is 11.8 Å². The lowest BCUT2D eigenvalue weighted by atomic mass is 9.72. The molecule has 0 amide bonds. The molecule has 0 aromatic carbocycles. The zero-order valence-corrected chi connectivity index (χ0v) is 6.60. The fourth-order valence-electron chi connectivity index (χ4n) is 2.46. The maximum Gasteiger partial charge on any atom is 0.509 e. The molecule has 64 valence electrons. The highest BCUT2D eigenvalue weighted by Crippen LogP contribution is 2.42. The molecule has 0 N–H and O–H groups in total. The molecule has 1 saturated heterocycles. The van der Waals surface area contributed by atoms with Crippen LogP contribution in [-0.2, 0) is 9.47 Å². The summed E-state index contributed by atoms with van der Waals surface area (Å²) in [6.07, 6.45) is 6.15. The fraction of sp³-hybridized carbons (Fsp3) is 0.667. The number of carbonyl (C=O) groups is 1. The minimum atomic E-state index is -0.481. The second-order valence-corrected chi connectivity index (χ2v) is 3.70. The van der Waals surface area contributed by atoms with Crippen LogP contribution in [0.3, 0.4) is 0 Å². The summed E-state index contributed by atoms with van der Waals surface area (Å²) in [7, 11) is 0. The summed E-state index contributed by atoms with van der Waals surface area (Å²) in [6.45, 7) is 0. The van der Waals surface area contributed by atoms with Gasteiger partial charge in [-0.25, -0.2) is 4.79 Å². The third kappa shape index (κ3) is 0.687. The lowest BCUT2D eigenvalue weighted by molar-refractivity contribution is 0.0383. The molecule has 1 heterocycles. The van der Waals surface area contributed by atoms with Crippen LogP contribution in [0.1, 0.15) is 12.8 Å². The summed E-state index contributed by atoms with van der Waals surface area (Å²) >= 11 is 0. The topological polar surface area (TPSA) is 35.5 Å². The van der Waals surface area contributed by atoms with Crippen molar-refractivity contribution >= 4 is 6.16 Å². The van der Waals surface area contributed by atoms with Gasteiger partial charge in [0.2, 0.25) is 0 Å². The van der Waals surface area contributed by atoms with Crippen LogP contribution in [0, 0.1) is 11.8 Å². The van der Waals surface area contributed by atoms with E-state index in [4.69, 9.17) is 9.47 Å². The Morgan fingerprint density at radius 1 is 1.08 bits per heavy atom. The Kier molecular flexibility index (Phi) is 1.10. The van der Waals surface area contributed by atoms with Crippen molar-refractivity contribution in [1.82, 2.24) is 0 Å². The molecule has 4 atom stereocenters. The average Bonchev–Trinajstić information content (AvgIpc) is 2.49. The standard InChI is InChI=1S/C9H10O3/c10-9-11-7-5-1-2-6(4-3-5)8(7)12-9/h1-2,5-8H,3-4H2/t5-,6+,7-,8-/m1/s1. The van der Waals surface area contributed by atoms with Crippen LogP contribution >= 0.6 is 0 Å². The van der Waals surface area contributed by atoms with E-state index in [2.05, 4.69) is 12.2 Å². The van der Waals surface area contributed by atoms with Crippen LogP contribution in [0.2, 0.25) is 0 Å². The largest absolute Gasteiger partial charge is 0.509 e. The van der Waals surface area contributed by atoms with Crippen LogP contribution in [0.5, 0.6) is 0 Å². The third-order valence-corrected chi connectivity index (χ3v) is 3.07. The molecular weight excluding hydrogens is 156 g/mol. The summed E-state index contributed by atoms with van der Waals surface area (Å²) in [5, 5.41) is 0. The van der Waals surface area contributed by atoms with Crippen LogP contribution in [0.25, 0.3) is 0 Å². The zero-order chi connectivity index (χ0) is 8.13. The van der Waals surface area contributed by atoms with Crippen molar-refractivity contribution < 1.29 is 14.3 Å². The van der Waals surface area contributed by atoms with Gasteiger partial charge < -0.3 is 9.47 Å². The smallest absolute Gasteiger partial charge is 0.426 e. The Balaban J connectivity index is 1.97. The highest BCUT2D eigenvalue weighted by Gasteiger charge is 2.49. The van der Waals surface area contributed by atoms with Crippen LogP contribution in [-0.4, -0.2) is 18.4 Å². The van der Waals surface area contributed by atoms with E-state index in [-0.39, 0.29) is 12.2 Å². The van der Waals surface area contributed by atoms with Gasteiger partial charge in [0.15, 0.2) is 0 Å². The number of hydrogen-bond acceptors (Lipinski definition) is 3. The Morgan fingerprint density at radius 2 is 1.58 bits per heavy atom. The monoisotopic (exact) mass is 166 g/mol. The summed E-state index contributed by atoms with van der Waals surface area (Å²) in [6, 6.07) is 0. The normalized spacial score (nSPS) is 48.5. The summed E-state index contributed by atoms with van der Waals surface area (Å²) in [5.41, 5.74) is 0. The van der Waals surface area contributed by atoms with Gasteiger partial charge in [-0.05, 0) is 12.8 Å². The lowest BCUT2D eigenvalue weighted by Crippen LogP contribution is -2.42. The SMILES string of the molecule is O=C1O[C@H]2[C@H](O1)[C@H]1C=C[C@@H]2CC1. The maximum absolute atomic E-state index is 10.9. The highest BCUT2D eigenvalue weighted by atomic mass is 16.8. The van der Waals surface area contributed by atoms with Crippen LogP contribution in [0.4, 0.5) is 4.79 Å². The molecule has 0 radical (unpaired) electrons. The molecule has 1 saturated carbocycles. The highest BCUT2D eigenvalue weighted by molar-refractivity contribution is 5.63. The molecule has 3 heteroatoms. The van der Waals surface area contributed by atoms with Crippen LogP contribution in [0.15, 0.2) is 12.2 Å². The summed E-state index contributed by atoms with van der Waals surface area (Å²) in [5.74, 6) is 0.817. The second kappa shape index (κ2) is 2.03. The molecular formula is C9H10O3. The molecule has 1 aliphatic heterocycles. The molecule has 0 aromatic rings. The van der Waals surface area contributed by atoms with Gasteiger partial charge in [0.05, 0.1) is 0 Å². The van der Waals surface area contributed by atoms with Crippen molar-refractivity contribution in [1.29, 1.82) is 0 Å². The zero-order valence-electron chi connectivity index (χ0n) is 6.60. The van der Waals surface area contributed by atoms with E-state index in [0.29, 0.717) is 11.8 Å². The van der Waals surface area contributed by atoms with Crippen LogP contribution < -0.4 is 0 Å². The number of carbonyl (C=O) groups excluding carboxylic acids is 1. The predicted octanol–water partition coefficient (Wildman–Crippen LogP) is 1.49. The van der Waals surface area contributed by atoms with Gasteiger partial charge in [0.25, 0.3) is 0 Å². The molecule has 2 bridgehead atoms. The van der Waals surface area contributed by atoms with Gasteiger partial charge in [-0.15, -0.1) is 0 Å². The van der Waals surface area contributed by atoms with Crippen molar-refractivity contribution in [2.45, 2.75) is 25.0 Å². The second-order valence-electron chi connectivity index (χ2n) is 3.70. The quantitative estimate of drug-likeness (QED) is 0.404. The van der Waals surface area contributed by atoms with Crippen molar-refractivity contribution in [3.05, 3.63) is 12.2 Å². The molecule has 4 rings (SSSR count). The molecule has 0 aromatic heterocycles. The van der Waals surface area contributed by atoms with Crippen molar-refractivity contribution in [3.63, 3.8) is 0 Å². The number of rotatable bonds is 0. The molecule has 2 fully saturated rings. The first kappa shape index (κ1) is 6.52. The Bertz CT molecular complexity index is 234. The minimum absolute atomic E-state index is 0.0150. The van der Waals surface area contributed by atoms with Gasteiger partial charge in [0, 0.05) is 11.8 Å². The minimum Gasteiger partial charge on any atom is -0.426 e. The number of hydrogen-bond donors (Lipinski definition) is 0. The number of fused-ring (bicyclic) bond motifs is 1. The Hall–Kier alpha value is -0.990. The van der Waals surface area contributed by atoms with Crippen molar-refractivity contribution in [3.8, 4) is 0 Å². The van der Waals surface area contributed by atoms with Gasteiger partial charge in [-0.1, -0.05) is 12.2 Å². The van der Waals surface area contributed by atoms with Crippen molar-refractivity contribution in [2.75, 3.05) is 0 Å². The molecule has 0 spiro atoms. The fourth-order valence-corrected chi connectivity index (χ4v) is 2.46. The van der Waals surface area contributed by atoms with E-state index in [1.165, 1.54) is 0 Å². The average molecular weight is 166 g/mol. The summed E-state index contributed by atoms with van der Waals surface area (Å²) < 4.78 is 10.2. The van der Waals surface area contributed by atoms with Gasteiger partial charge >= 0.3 is 6.16 Å². The lowest BCUT2D eigenvalue weighted by Gasteiger charge is -2.37.